The predicted molar refractivity (Wildman–Crippen MR) is 98.5 cm³/mol. The van der Waals surface area contributed by atoms with E-state index < -0.39 is 18.2 Å². The lowest BCUT2D eigenvalue weighted by Gasteiger charge is -2.22. The Morgan fingerprint density at radius 3 is 1.96 bits per heavy atom. The van der Waals surface area contributed by atoms with E-state index in [1.807, 2.05) is 42.5 Å². The number of aliphatic hydroxyl groups is 1. The van der Waals surface area contributed by atoms with Crippen LogP contribution in [0.2, 0.25) is 0 Å². The smallest absolute Gasteiger partial charge is 0.343 e. The SMILES string of the molecule is O=C(Oc1ccccc1)[C@H](OCc1ccccc1)[C@H](O)c1ccccc1. The molecule has 0 aromatic heterocycles. The molecule has 0 unspecified atom stereocenters. The van der Waals surface area contributed by atoms with Crippen molar-refractivity contribution in [3.8, 4) is 5.75 Å². The van der Waals surface area contributed by atoms with E-state index in [2.05, 4.69) is 0 Å². The molecule has 0 bridgehead atoms. The summed E-state index contributed by atoms with van der Waals surface area (Å²) in [6.45, 7) is 0.194. The van der Waals surface area contributed by atoms with Gasteiger partial charge in [-0.15, -0.1) is 0 Å². The molecule has 3 rings (SSSR count). The number of ether oxygens (including phenoxy) is 2. The molecule has 26 heavy (non-hydrogen) atoms. The summed E-state index contributed by atoms with van der Waals surface area (Å²) < 4.78 is 11.1. The highest BCUT2D eigenvalue weighted by Gasteiger charge is 2.31. The first-order valence-corrected chi connectivity index (χ1v) is 8.39. The first-order chi connectivity index (χ1) is 12.7. The van der Waals surface area contributed by atoms with Crippen LogP contribution in [-0.2, 0) is 16.1 Å². The molecule has 0 amide bonds. The fraction of sp³-hybridized carbons (Fsp3) is 0.136. The average molecular weight is 348 g/mol. The van der Waals surface area contributed by atoms with Crippen molar-refractivity contribution in [2.24, 2.45) is 0 Å². The van der Waals surface area contributed by atoms with E-state index in [-0.39, 0.29) is 6.61 Å². The van der Waals surface area contributed by atoms with Gasteiger partial charge in [-0.2, -0.15) is 0 Å². The van der Waals surface area contributed by atoms with Crippen molar-refractivity contribution >= 4 is 5.97 Å². The quantitative estimate of drug-likeness (QED) is 0.519. The summed E-state index contributed by atoms with van der Waals surface area (Å²) >= 11 is 0. The van der Waals surface area contributed by atoms with Crippen molar-refractivity contribution in [1.82, 2.24) is 0 Å². The number of hydrogen-bond donors (Lipinski definition) is 1. The van der Waals surface area contributed by atoms with Crippen molar-refractivity contribution in [2.45, 2.75) is 18.8 Å². The van der Waals surface area contributed by atoms with Gasteiger partial charge >= 0.3 is 5.97 Å². The van der Waals surface area contributed by atoms with E-state index in [4.69, 9.17) is 9.47 Å². The van der Waals surface area contributed by atoms with Gasteiger partial charge in [0, 0.05) is 0 Å². The summed E-state index contributed by atoms with van der Waals surface area (Å²) in [5.41, 5.74) is 1.50. The van der Waals surface area contributed by atoms with Gasteiger partial charge in [0.05, 0.1) is 6.61 Å². The Balaban J connectivity index is 1.77. The van der Waals surface area contributed by atoms with Gasteiger partial charge in [-0.3, -0.25) is 0 Å². The molecule has 1 N–H and O–H groups in total. The maximum atomic E-state index is 12.6. The summed E-state index contributed by atoms with van der Waals surface area (Å²) in [7, 11) is 0. The highest BCUT2D eigenvalue weighted by Crippen LogP contribution is 2.22. The average Bonchev–Trinajstić information content (AvgIpc) is 2.70. The Hall–Kier alpha value is -2.95. The number of para-hydroxylation sites is 1. The lowest BCUT2D eigenvalue weighted by atomic mass is 10.0. The minimum absolute atomic E-state index is 0.194. The Morgan fingerprint density at radius 1 is 0.808 bits per heavy atom. The van der Waals surface area contributed by atoms with Crippen LogP contribution in [0.5, 0.6) is 5.75 Å². The van der Waals surface area contributed by atoms with Crippen LogP contribution < -0.4 is 4.74 Å². The first-order valence-electron chi connectivity index (χ1n) is 8.39. The number of rotatable bonds is 7. The monoisotopic (exact) mass is 348 g/mol. The fourth-order valence-electron chi connectivity index (χ4n) is 2.54. The largest absolute Gasteiger partial charge is 0.425 e. The van der Waals surface area contributed by atoms with Crippen LogP contribution in [-0.4, -0.2) is 17.2 Å². The molecule has 0 heterocycles. The van der Waals surface area contributed by atoms with Gasteiger partial charge in [-0.05, 0) is 23.3 Å². The summed E-state index contributed by atoms with van der Waals surface area (Å²) in [6, 6.07) is 27.2. The third-order valence-electron chi connectivity index (χ3n) is 3.89. The van der Waals surface area contributed by atoms with Gasteiger partial charge < -0.3 is 14.6 Å². The van der Waals surface area contributed by atoms with E-state index in [0.717, 1.165) is 5.56 Å². The lowest BCUT2D eigenvalue weighted by Crippen LogP contribution is -2.34. The Labute approximate surface area is 152 Å². The third-order valence-corrected chi connectivity index (χ3v) is 3.89. The van der Waals surface area contributed by atoms with Crippen LogP contribution in [0.1, 0.15) is 17.2 Å². The predicted octanol–water partition coefficient (Wildman–Crippen LogP) is 3.91. The topological polar surface area (TPSA) is 55.8 Å². The minimum atomic E-state index is -1.14. The molecule has 3 aromatic carbocycles. The van der Waals surface area contributed by atoms with Crippen LogP contribution in [0.15, 0.2) is 91.0 Å². The maximum absolute atomic E-state index is 12.6. The van der Waals surface area contributed by atoms with Crippen molar-refractivity contribution in [3.63, 3.8) is 0 Å². The third kappa shape index (κ3) is 4.79. The van der Waals surface area contributed by atoms with E-state index in [0.29, 0.717) is 11.3 Å². The molecule has 0 aliphatic heterocycles. The number of benzene rings is 3. The second-order valence-electron chi connectivity index (χ2n) is 5.81. The van der Waals surface area contributed by atoms with Gasteiger partial charge in [0.15, 0.2) is 6.10 Å². The van der Waals surface area contributed by atoms with E-state index in [1.54, 1.807) is 48.5 Å². The summed E-state index contributed by atoms with van der Waals surface area (Å²) in [4.78, 5) is 12.6. The second kappa shape index (κ2) is 8.94. The van der Waals surface area contributed by atoms with Crippen LogP contribution in [0.4, 0.5) is 0 Å². The highest BCUT2D eigenvalue weighted by molar-refractivity contribution is 5.78. The molecule has 0 saturated carbocycles. The molecule has 0 aliphatic carbocycles. The summed E-state index contributed by atoms with van der Waals surface area (Å²) in [5.74, 6) is -0.227. The Morgan fingerprint density at radius 2 is 1.35 bits per heavy atom. The van der Waals surface area contributed by atoms with Gasteiger partial charge in [-0.25, -0.2) is 4.79 Å². The van der Waals surface area contributed by atoms with Crippen LogP contribution in [0.25, 0.3) is 0 Å². The van der Waals surface area contributed by atoms with Crippen LogP contribution in [0, 0.1) is 0 Å². The lowest BCUT2D eigenvalue weighted by molar-refractivity contribution is -0.157. The molecule has 132 valence electrons. The number of carbonyl (C=O) groups is 1. The van der Waals surface area contributed by atoms with E-state index in [9.17, 15) is 9.90 Å². The van der Waals surface area contributed by atoms with Crippen LogP contribution >= 0.6 is 0 Å². The zero-order valence-corrected chi connectivity index (χ0v) is 14.2. The Bertz CT molecular complexity index is 803. The maximum Gasteiger partial charge on any atom is 0.343 e. The molecule has 4 heteroatoms. The minimum Gasteiger partial charge on any atom is -0.425 e. The molecular weight excluding hydrogens is 328 g/mol. The Kier molecular flexibility index (Phi) is 6.14. The molecule has 2 atom stereocenters. The molecule has 0 aliphatic rings. The number of carbonyl (C=O) groups excluding carboxylic acids is 1. The number of aliphatic hydroxyl groups excluding tert-OH is 1. The normalized spacial score (nSPS) is 13.0. The van der Waals surface area contributed by atoms with E-state index in [1.165, 1.54) is 0 Å². The van der Waals surface area contributed by atoms with Gasteiger partial charge in [0.25, 0.3) is 0 Å². The molecule has 0 spiro atoms. The first kappa shape index (κ1) is 17.9. The van der Waals surface area contributed by atoms with Gasteiger partial charge in [0.2, 0.25) is 0 Å². The van der Waals surface area contributed by atoms with Crippen LogP contribution in [0.3, 0.4) is 0 Å². The fourth-order valence-corrected chi connectivity index (χ4v) is 2.54. The number of hydrogen-bond acceptors (Lipinski definition) is 4. The van der Waals surface area contributed by atoms with E-state index >= 15 is 0 Å². The molecule has 0 radical (unpaired) electrons. The second-order valence-corrected chi connectivity index (χ2v) is 5.81. The summed E-state index contributed by atoms with van der Waals surface area (Å²) in [6.07, 6.45) is -2.27. The number of esters is 1. The molecule has 3 aromatic rings. The molecule has 0 saturated heterocycles. The van der Waals surface area contributed by atoms with Crippen molar-refractivity contribution in [2.75, 3.05) is 0 Å². The van der Waals surface area contributed by atoms with Gasteiger partial charge in [-0.1, -0.05) is 78.9 Å². The van der Waals surface area contributed by atoms with Crippen molar-refractivity contribution < 1.29 is 19.4 Å². The highest BCUT2D eigenvalue weighted by atomic mass is 16.6. The zero-order chi connectivity index (χ0) is 18.2. The zero-order valence-electron chi connectivity index (χ0n) is 14.2. The molecular formula is C22H20O4. The summed E-state index contributed by atoms with van der Waals surface area (Å²) in [5, 5.41) is 10.7. The molecule has 4 nitrogen and oxygen atoms in total. The van der Waals surface area contributed by atoms with Gasteiger partial charge in [0.1, 0.15) is 11.9 Å². The standard InChI is InChI=1S/C22H20O4/c23-20(18-12-6-2-7-13-18)21(25-16-17-10-4-1-5-11-17)22(24)26-19-14-8-3-9-15-19/h1-15,20-21,23H,16H2/t20-,21-/m1/s1. The molecule has 0 fully saturated rings. The van der Waals surface area contributed by atoms with Crippen molar-refractivity contribution in [1.29, 1.82) is 0 Å². The van der Waals surface area contributed by atoms with Crippen molar-refractivity contribution in [3.05, 3.63) is 102 Å².